The molecule has 0 saturated carbocycles. The molecule has 0 heterocycles. The van der Waals surface area contributed by atoms with Crippen molar-refractivity contribution in [1.29, 1.82) is 5.26 Å². The zero-order valence-electron chi connectivity index (χ0n) is 9.37. The molecule has 0 saturated heterocycles. The Labute approximate surface area is 121 Å². The summed E-state index contributed by atoms with van der Waals surface area (Å²) >= 11 is 16.8. The first-order chi connectivity index (χ1) is 8.52. The summed E-state index contributed by atoms with van der Waals surface area (Å²) < 4.78 is 0. The fourth-order valence-electron chi connectivity index (χ4n) is 1.27. The standard InChI is InChI=1S/C12H10Cl2N2OS/c13-10-2-1-8(6-11(10)14)5-9(18)7-16-12(17)3-4-15/h1-2,6H,3,5,7H2,(H,16,17). The lowest BCUT2D eigenvalue weighted by atomic mass is 10.1. The molecule has 0 atom stereocenters. The first-order valence-corrected chi connectivity index (χ1v) is 6.28. The van der Waals surface area contributed by atoms with Crippen molar-refractivity contribution in [1.82, 2.24) is 5.32 Å². The summed E-state index contributed by atoms with van der Waals surface area (Å²) in [5.41, 5.74) is 0.934. The van der Waals surface area contributed by atoms with Gasteiger partial charge in [0.15, 0.2) is 0 Å². The Balaban J connectivity index is 2.47. The van der Waals surface area contributed by atoms with Gasteiger partial charge in [-0.1, -0.05) is 41.5 Å². The number of hydrogen-bond donors (Lipinski definition) is 1. The van der Waals surface area contributed by atoms with Crippen LogP contribution in [-0.4, -0.2) is 17.3 Å². The van der Waals surface area contributed by atoms with E-state index < -0.39 is 0 Å². The molecule has 0 aromatic heterocycles. The average Bonchev–Trinajstić information content (AvgIpc) is 2.32. The Morgan fingerprint density at radius 3 is 2.72 bits per heavy atom. The lowest BCUT2D eigenvalue weighted by Gasteiger charge is -2.06. The number of benzene rings is 1. The first kappa shape index (κ1) is 14.9. The second-order valence-electron chi connectivity index (χ2n) is 3.58. The zero-order chi connectivity index (χ0) is 13.5. The van der Waals surface area contributed by atoms with Crippen LogP contribution in [0.3, 0.4) is 0 Å². The molecule has 0 aliphatic heterocycles. The number of carbonyl (C=O) groups is 1. The molecule has 0 unspecified atom stereocenters. The van der Waals surface area contributed by atoms with Gasteiger partial charge in [-0.3, -0.25) is 4.79 Å². The van der Waals surface area contributed by atoms with Crippen LogP contribution < -0.4 is 5.32 Å². The van der Waals surface area contributed by atoms with Crippen molar-refractivity contribution in [2.24, 2.45) is 0 Å². The molecule has 1 aromatic carbocycles. The van der Waals surface area contributed by atoms with Gasteiger partial charge in [0.1, 0.15) is 6.42 Å². The Bertz CT molecular complexity index is 511. The van der Waals surface area contributed by atoms with Crippen molar-refractivity contribution in [2.45, 2.75) is 12.8 Å². The average molecular weight is 301 g/mol. The molecule has 18 heavy (non-hydrogen) atoms. The fourth-order valence-corrected chi connectivity index (χ4v) is 1.83. The molecular formula is C12H10Cl2N2OS. The van der Waals surface area contributed by atoms with Gasteiger partial charge in [0, 0.05) is 17.8 Å². The van der Waals surface area contributed by atoms with Crippen LogP contribution in [-0.2, 0) is 11.2 Å². The predicted molar refractivity (Wildman–Crippen MR) is 76.0 cm³/mol. The highest BCUT2D eigenvalue weighted by Crippen LogP contribution is 2.22. The van der Waals surface area contributed by atoms with E-state index in [1.807, 2.05) is 6.07 Å². The van der Waals surface area contributed by atoms with Crippen molar-refractivity contribution in [3.8, 4) is 6.07 Å². The monoisotopic (exact) mass is 300 g/mol. The van der Waals surface area contributed by atoms with Crippen LogP contribution in [0.15, 0.2) is 18.2 Å². The van der Waals surface area contributed by atoms with Crippen LogP contribution in [0.2, 0.25) is 10.0 Å². The highest BCUT2D eigenvalue weighted by atomic mass is 35.5. The van der Waals surface area contributed by atoms with Gasteiger partial charge in [0.05, 0.1) is 16.1 Å². The molecule has 1 N–H and O–H groups in total. The quantitative estimate of drug-likeness (QED) is 0.851. The summed E-state index contributed by atoms with van der Waals surface area (Å²) in [5.74, 6) is -0.325. The lowest BCUT2D eigenvalue weighted by Crippen LogP contribution is -2.28. The topological polar surface area (TPSA) is 52.9 Å². The fraction of sp³-hybridized carbons (Fsp3) is 0.250. The Kier molecular flexibility index (Phi) is 6.06. The maximum absolute atomic E-state index is 11.1. The summed E-state index contributed by atoms with van der Waals surface area (Å²) in [7, 11) is 0. The maximum atomic E-state index is 11.1. The number of thiocarbonyl (C=S) groups is 1. The third kappa shape index (κ3) is 5.01. The Morgan fingerprint density at radius 2 is 2.11 bits per heavy atom. The van der Waals surface area contributed by atoms with Gasteiger partial charge in [-0.15, -0.1) is 0 Å². The van der Waals surface area contributed by atoms with Crippen molar-refractivity contribution >= 4 is 46.2 Å². The van der Waals surface area contributed by atoms with Crippen molar-refractivity contribution in [3.05, 3.63) is 33.8 Å². The van der Waals surface area contributed by atoms with E-state index in [1.54, 1.807) is 18.2 Å². The van der Waals surface area contributed by atoms with Crippen LogP contribution >= 0.6 is 35.4 Å². The van der Waals surface area contributed by atoms with E-state index in [0.29, 0.717) is 21.3 Å². The Morgan fingerprint density at radius 1 is 1.39 bits per heavy atom. The molecule has 0 spiro atoms. The lowest BCUT2D eigenvalue weighted by molar-refractivity contribution is -0.119. The highest BCUT2D eigenvalue weighted by Gasteiger charge is 2.05. The van der Waals surface area contributed by atoms with E-state index in [1.165, 1.54) is 0 Å². The third-order valence-corrected chi connectivity index (χ3v) is 3.14. The number of carbonyl (C=O) groups excluding carboxylic acids is 1. The number of amides is 1. The smallest absolute Gasteiger partial charge is 0.234 e. The molecule has 0 fully saturated rings. The number of nitriles is 1. The van der Waals surface area contributed by atoms with Gasteiger partial charge in [0.2, 0.25) is 5.91 Å². The third-order valence-electron chi connectivity index (χ3n) is 2.11. The summed E-state index contributed by atoms with van der Waals surface area (Å²) in [5, 5.41) is 11.9. The van der Waals surface area contributed by atoms with Crippen LogP contribution in [0.1, 0.15) is 12.0 Å². The molecule has 1 rings (SSSR count). The van der Waals surface area contributed by atoms with Crippen LogP contribution in [0, 0.1) is 11.3 Å². The SMILES string of the molecule is N#CCC(=O)NCC(=S)Cc1ccc(Cl)c(Cl)c1. The predicted octanol–water partition coefficient (Wildman–Crippen LogP) is 2.94. The summed E-state index contributed by atoms with van der Waals surface area (Å²) in [4.78, 5) is 11.7. The summed E-state index contributed by atoms with van der Waals surface area (Å²) in [6, 6.07) is 7.05. The van der Waals surface area contributed by atoms with Crippen molar-refractivity contribution in [3.63, 3.8) is 0 Å². The van der Waals surface area contributed by atoms with Gasteiger partial charge >= 0.3 is 0 Å². The van der Waals surface area contributed by atoms with Gasteiger partial charge in [0.25, 0.3) is 0 Å². The summed E-state index contributed by atoms with van der Waals surface area (Å²) in [6.07, 6.45) is 0.369. The molecule has 0 radical (unpaired) electrons. The van der Waals surface area contributed by atoms with E-state index in [4.69, 9.17) is 40.7 Å². The van der Waals surface area contributed by atoms with E-state index >= 15 is 0 Å². The van der Waals surface area contributed by atoms with Gasteiger partial charge < -0.3 is 5.32 Å². The van der Waals surface area contributed by atoms with Crippen LogP contribution in [0.25, 0.3) is 0 Å². The van der Waals surface area contributed by atoms with Crippen LogP contribution in [0.4, 0.5) is 0 Å². The van der Waals surface area contributed by atoms with Crippen molar-refractivity contribution < 1.29 is 4.79 Å². The largest absolute Gasteiger partial charge is 0.351 e. The molecule has 0 bridgehead atoms. The number of halogens is 2. The zero-order valence-corrected chi connectivity index (χ0v) is 11.7. The van der Waals surface area contributed by atoms with E-state index in [0.717, 1.165) is 5.56 Å². The molecule has 0 aliphatic rings. The number of rotatable bonds is 5. The first-order valence-electron chi connectivity index (χ1n) is 5.12. The van der Waals surface area contributed by atoms with E-state index in [9.17, 15) is 4.79 Å². The molecular weight excluding hydrogens is 291 g/mol. The Hall–Kier alpha value is -1.15. The molecule has 0 aliphatic carbocycles. The maximum Gasteiger partial charge on any atom is 0.234 e. The second-order valence-corrected chi connectivity index (χ2v) is 4.97. The molecule has 6 heteroatoms. The van der Waals surface area contributed by atoms with Crippen molar-refractivity contribution in [2.75, 3.05) is 6.54 Å². The number of hydrogen-bond acceptors (Lipinski definition) is 3. The molecule has 3 nitrogen and oxygen atoms in total. The molecule has 1 amide bonds. The normalized spacial score (nSPS) is 9.61. The van der Waals surface area contributed by atoms with E-state index in [2.05, 4.69) is 5.32 Å². The van der Waals surface area contributed by atoms with Gasteiger partial charge in [-0.2, -0.15) is 5.26 Å². The minimum Gasteiger partial charge on any atom is -0.351 e. The minimum absolute atomic E-state index is 0.157. The number of nitrogens with zero attached hydrogens (tertiary/aromatic N) is 1. The second kappa shape index (κ2) is 7.32. The van der Waals surface area contributed by atoms with Gasteiger partial charge in [-0.25, -0.2) is 0 Å². The highest BCUT2D eigenvalue weighted by molar-refractivity contribution is 7.80. The minimum atomic E-state index is -0.325. The van der Waals surface area contributed by atoms with Crippen LogP contribution in [0.5, 0.6) is 0 Å². The van der Waals surface area contributed by atoms with Gasteiger partial charge in [-0.05, 0) is 17.7 Å². The number of nitrogens with one attached hydrogen (secondary N) is 1. The van der Waals surface area contributed by atoms with E-state index in [-0.39, 0.29) is 18.9 Å². The molecule has 1 aromatic rings. The molecule has 94 valence electrons. The summed E-state index contributed by atoms with van der Waals surface area (Å²) in [6.45, 7) is 0.274.